The van der Waals surface area contributed by atoms with E-state index >= 15 is 0 Å². The Hall–Kier alpha value is -0.470. The molecule has 0 amide bonds. The van der Waals surface area contributed by atoms with E-state index < -0.39 is 5.54 Å². The van der Waals surface area contributed by atoms with Crippen LogP contribution in [0.4, 0.5) is 0 Å². The molecule has 1 aromatic rings. The minimum atomic E-state index is -0.937. The van der Waals surface area contributed by atoms with Gasteiger partial charge in [0.2, 0.25) is 0 Å². The second-order valence-corrected chi connectivity index (χ2v) is 7.48. The monoisotopic (exact) mass is 281 g/mol. The van der Waals surface area contributed by atoms with Crippen LogP contribution in [0.15, 0.2) is 0 Å². The zero-order chi connectivity index (χ0) is 15.5. The van der Waals surface area contributed by atoms with Gasteiger partial charge < -0.3 is 5.73 Å². The molecule has 2 nitrogen and oxygen atoms in total. The zero-order valence-electron chi connectivity index (χ0n) is 13.3. The van der Waals surface area contributed by atoms with E-state index in [4.69, 9.17) is 17.3 Å². The molecule has 1 fully saturated rings. The molecule has 98 valence electrons. The SMILES string of the molecule is Bc1c(B)c(B)c(C2(N)CC(B)(B)CC2=O)c(Cl)c1B. The van der Waals surface area contributed by atoms with Crippen molar-refractivity contribution in [2.24, 2.45) is 5.73 Å². The normalized spacial score (nSPS) is 25.0. The molecule has 0 spiro atoms. The summed E-state index contributed by atoms with van der Waals surface area (Å²) in [5, 5.41) is 0.605. The van der Waals surface area contributed by atoms with Crippen molar-refractivity contribution in [1.82, 2.24) is 0 Å². The van der Waals surface area contributed by atoms with Crippen molar-refractivity contribution in [1.29, 1.82) is 0 Å². The lowest BCUT2D eigenvalue weighted by Crippen LogP contribution is -2.55. The average Bonchev–Trinajstić information content (AvgIpc) is 2.53. The van der Waals surface area contributed by atoms with Crippen LogP contribution >= 0.6 is 11.6 Å². The van der Waals surface area contributed by atoms with E-state index in [9.17, 15) is 4.79 Å². The Morgan fingerprint density at radius 2 is 1.50 bits per heavy atom. The summed E-state index contributed by atoms with van der Waals surface area (Å²) in [5.74, 6) is 0.107. The van der Waals surface area contributed by atoms with Crippen LogP contribution in [0.3, 0.4) is 0 Å². The molecule has 1 atom stereocenters. The van der Waals surface area contributed by atoms with Gasteiger partial charge in [-0.3, -0.25) is 4.79 Å². The highest BCUT2D eigenvalue weighted by Crippen LogP contribution is 2.46. The van der Waals surface area contributed by atoms with Crippen molar-refractivity contribution in [2.75, 3.05) is 0 Å². The summed E-state index contributed by atoms with van der Waals surface area (Å²) in [7, 11) is 12.4. The maximum Gasteiger partial charge on any atom is 0.156 e. The number of hydrogen-bond donors (Lipinski definition) is 1. The number of halogens is 1. The van der Waals surface area contributed by atoms with Gasteiger partial charge in [-0.2, -0.15) is 0 Å². The molecule has 1 unspecified atom stereocenters. The lowest BCUT2D eigenvalue weighted by Gasteiger charge is -2.31. The number of nitrogens with two attached hydrogens (primary N) is 1. The predicted molar refractivity (Wildman–Crippen MR) is 104 cm³/mol. The topological polar surface area (TPSA) is 43.1 Å². The standard InChI is InChI=1S/C11H18B6ClNO/c12-5-4(9(18)8(15)7(14)6(5)13)11(19)2-10(16,17)1-3(11)20/h1-2,12-17,19H2. The summed E-state index contributed by atoms with van der Waals surface area (Å²) in [6.45, 7) is 0. The molecular formula is C11H18B6ClNO. The highest BCUT2D eigenvalue weighted by atomic mass is 35.5. The first-order valence-corrected chi connectivity index (χ1v) is 7.47. The predicted octanol–water partition coefficient (Wildman–Crippen LogP) is -6.73. The van der Waals surface area contributed by atoms with E-state index in [0.717, 1.165) is 16.5 Å². The summed E-state index contributed by atoms with van der Waals surface area (Å²) in [4.78, 5) is 12.5. The van der Waals surface area contributed by atoms with Crippen molar-refractivity contribution in [3.05, 3.63) is 10.6 Å². The van der Waals surface area contributed by atoms with Crippen LogP contribution in [0.2, 0.25) is 10.2 Å². The zero-order valence-corrected chi connectivity index (χ0v) is 14.0. The molecule has 9 heteroatoms. The highest BCUT2D eigenvalue weighted by molar-refractivity contribution is 6.65. The van der Waals surface area contributed by atoms with Gasteiger partial charge in [-0.05, 0) is 12.0 Å². The Morgan fingerprint density at radius 3 is 1.95 bits per heavy atom. The molecule has 20 heavy (non-hydrogen) atoms. The second kappa shape index (κ2) is 4.78. The smallest absolute Gasteiger partial charge is 0.156 e. The Balaban J connectivity index is 2.74. The molecule has 0 saturated heterocycles. The van der Waals surface area contributed by atoms with Crippen molar-refractivity contribution in [3.8, 4) is 0 Å². The van der Waals surface area contributed by atoms with Gasteiger partial charge in [-0.1, -0.05) is 27.7 Å². The molecule has 0 aromatic heterocycles. The van der Waals surface area contributed by atoms with Gasteiger partial charge in [-0.25, -0.2) is 0 Å². The molecule has 1 aliphatic carbocycles. The van der Waals surface area contributed by atoms with Gasteiger partial charge in [-0.15, -0.1) is 10.9 Å². The minimum absolute atomic E-state index is 0.0612. The summed E-state index contributed by atoms with van der Waals surface area (Å²) < 4.78 is 0. The van der Waals surface area contributed by atoms with Crippen LogP contribution in [-0.4, -0.2) is 52.9 Å². The van der Waals surface area contributed by atoms with Crippen LogP contribution < -0.4 is 27.6 Å². The molecule has 0 radical (unpaired) electrons. The van der Waals surface area contributed by atoms with Crippen LogP contribution in [-0.2, 0) is 10.3 Å². The van der Waals surface area contributed by atoms with Crippen LogP contribution in [0, 0.1) is 0 Å². The number of ketones is 1. The Bertz CT molecular complexity index is 590. The quantitative estimate of drug-likeness (QED) is 0.520. The van der Waals surface area contributed by atoms with E-state index in [1.807, 2.05) is 15.7 Å². The summed E-state index contributed by atoms with van der Waals surface area (Å²) in [6, 6.07) is 0. The van der Waals surface area contributed by atoms with Crippen molar-refractivity contribution in [3.63, 3.8) is 0 Å². The molecule has 1 aliphatic rings. The maximum absolute atomic E-state index is 12.5. The molecular weight excluding hydrogens is 262 g/mol. The van der Waals surface area contributed by atoms with E-state index in [0.29, 0.717) is 17.9 Å². The number of carbonyl (C=O) groups excluding carboxylic acids is 1. The van der Waals surface area contributed by atoms with E-state index in [-0.39, 0.29) is 11.0 Å². The summed E-state index contributed by atoms with van der Waals surface area (Å²) in [5.41, 5.74) is 10.9. The largest absolute Gasteiger partial charge is 0.315 e. The van der Waals surface area contributed by atoms with Gasteiger partial charge in [0, 0.05) is 11.4 Å². The van der Waals surface area contributed by atoms with E-state index in [1.165, 1.54) is 10.9 Å². The van der Waals surface area contributed by atoms with Crippen LogP contribution in [0.1, 0.15) is 18.4 Å². The first-order chi connectivity index (χ1) is 9.01. The minimum Gasteiger partial charge on any atom is -0.315 e. The Kier molecular flexibility index (Phi) is 3.80. The van der Waals surface area contributed by atoms with Crippen LogP contribution in [0.25, 0.3) is 0 Å². The maximum atomic E-state index is 12.5. The summed E-state index contributed by atoms with van der Waals surface area (Å²) >= 11 is 6.57. The van der Waals surface area contributed by atoms with Gasteiger partial charge >= 0.3 is 0 Å². The third-order valence-corrected chi connectivity index (χ3v) is 5.42. The highest BCUT2D eigenvalue weighted by Gasteiger charge is 2.50. The molecule has 0 heterocycles. The lowest BCUT2D eigenvalue weighted by atomic mass is 9.52. The van der Waals surface area contributed by atoms with E-state index in [1.54, 1.807) is 0 Å². The Morgan fingerprint density at radius 1 is 1.00 bits per heavy atom. The molecule has 0 aliphatic heterocycles. The van der Waals surface area contributed by atoms with Crippen molar-refractivity contribution in [2.45, 2.75) is 23.6 Å². The number of rotatable bonds is 1. The number of carbonyl (C=O) groups is 1. The third kappa shape index (κ3) is 2.21. The molecule has 2 N–H and O–H groups in total. The third-order valence-electron chi connectivity index (χ3n) is 4.95. The fraction of sp³-hybridized carbons (Fsp3) is 0.364. The van der Waals surface area contributed by atoms with Crippen molar-refractivity contribution >= 4 is 86.3 Å². The van der Waals surface area contributed by atoms with Crippen molar-refractivity contribution < 1.29 is 4.79 Å². The molecule has 1 saturated carbocycles. The molecule has 2 rings (SSSR count). The first-order valence-electron chi connectivity index (χ1n) is 7.10. The number of hydrogen-bond acceptors (Lipinski definition) is 2. The summed E-state index contributed by atoms with van der Waals surface area (Å²) in [6.07, 6.45) is 1.17. The van der Waals surface area contributed by atoms with E-state index in [2.05, 4.69) is 31.4 Å². The van der Waals surface area contributed by atoms with Gasteiger partial charge in [0.1, 0.15) is 36.9 Å². The number of benzene rings is 1. The number of Topliss-reactive ketones (excluding diaryl/α,β-unsaturated/α-hetero) is 1. The molecule has 1 aromatic carbocycles. The molecule has 0 bridgehead atoms. The first kappa shape index (κ1) is 15.9. The fourth-order valence-electron chi connectivity index (χ4n) is 3.53. The van der Waals surface area contributed by atoms with Crippen LogP contribution in [0.5, 0.6) is 0 Å². The Labute approximate surface area is 131 Å². The average molecular weight is 281 g/mol. The lowest BCUT2D eigenvalue weighted by molar-refractivity contribution is -0.122. The fourth-order valence-corrected chi connectivity index (χ4v) is 3.99. The van der Waals surface area contributed by atoms with Gasteiger partial charge in [0.25, 0.3) is 0 Å². The second-order valence-electron chi connectivity index (χ2n) is 7.10. The van der Waals surface area contributed by atoms with Gasteiger partial charge in [0.15, 0.2) is 5.78 Å². The van der Waals surface area contributed by atoms with Gasteiger partial charge in [0.05, 0.1) is 15.7 Å².